The van der Waals surface area contributed by atoms with Crippen molar-refractivity contribution in [3.05, 3.63) is 89.2 Å². The molecule has 2 aliphatic rings. The van der Waals surface area contributed by atoms with Gasteiger partial charge in [-0.3, -0.25) is 19.5 Å². The predicted octanol–water partition coefficient (Wildman–Crippen LogP) is 5.51. The Kier molecular flexibility index (Phi) is 13.1. The van der Waals surface area contributed by atoms with Crippen molar-refractivity contribution in [2.45, 2.75) is 75.8 Å². The van der Waals surface area contributed by atoms with Crippen molar-refractivity contribution >= 4 is 29.4 Å². The van der Waals surface area contributed by atoms with Crippen LogP contribution in [0.5, 0.6) is 0 Å². The number of carboxylic acids is 1. The fraction of sp³-hybridized carbons (Fsp3) is 0.429. The number of nitrogens with one attached hydrogen (secondary N) is 4. The zero-order chi connectivity index (χ0) is 42.5. The number of aryl methyl sites for hydroxylation is 1. The smallest absolute Gasteiger partial charge is 0.411 e. The van der Waals surface area contributed by atoms with Crippen LogP contribution in [0.3, 0.4) is 0 Å². The number of halogens is 4. The first-order valence-corrected chi connectivity index (χ1v) is 19.6. The summed E-state index contributed by atoms with van der Waals surface area (Å²) in [6.45, 7) is 4.39. The number of rotatable bonds is 14. The summed E-state index contributed by atoms with van der Waals surface area (Å²) in [5.41, 5.74) is 10.4. The Labute approximate surface area is 338 Å². The number of H-pyrrole nitrogens is 1. The summed E-state index contributed by atoms with van der Waals surface area (Å²) >= 11 is 0. The van der Waals surface area contributed by atoms with Gasteiger partial charge < -0.3 is 31.7 Å². The molecule has 0 radical (unpaired) electrons. The maximum Gasteiger partial charge on any atom is 0.411 e. The molecule has 1 aliphatic heterocycles. The highest BCUT2D eigenvalue weighted by atomic mass is 19.3. The third-order valence-electron chi connectivity index (χ3n) is 11.3. The SMILES string of the molecule is Cc1cc(C(=O)NC2CCN(C)CC2)ccc1-c1ccc(CC(NC(=O)[C@H]2CC[C@H](CN)CC2)C(=O)Nc2ccc(-c3nc(C(F)(F)C(F)(F)C(=O)O)n[nH]3)cc2)cc1. The molecule has 0 bridgehead atoms. The molecule has 2 heterocycles. The Morgan fingerprint density at radius 3 is 2.17 bits per heavy atom. The van der Waals surface area contributed by atoms with Gasteiger partial charge in [-0.15, -0.1) is 0 Å². The number of carboxylic acid groups (broad SMARTS) is 1. The van der Waals surface area contributed by atoms with Crippen molar-refractivity contribution in [3.63, 3.8) is 0 Å². The van der Waals surface area contributed by atoms with Gasteiger partial charge in [0.05, 0.1) is 0 Å². The molecule has 59 heavy (non-hydrogen) atoms. The van der Waals surface area contributed by atoms with Crippen molar-refractivity contribution in [2.75, 3.05) is 32.0 Å². The molecule has 1 saturated carbocycles. The molecule has 17 heteroatoms. The Morgan fingerprint density at radius 2 is 1.56 bits per heavy atom. The maximum atomic E-state index is 14.2. The summed E-state index contributed by atoms with van der Waals surface area (Å²) in [4.78, 5) is 56.7. The van der Waals surface area contributed by atoms with E-state index in [0.29, 0.717) is 30.9 Å². The van der Waals surface area contributed by atoms with E-state index in [1.807, 2.05) is 49.4 Å². The highest BCUT2D eigenvalue weighted by Gasteiger charge is 2.66. The van der Waals surface area contributed by atoms with E-state index in [1.54, 1.807) is 0 Å². The van der Waals surface area contributed by atoms with Gasteiger partial charge in [0, 0.05) is 35.2 Å². The molecule has 6 rings (SSSR count). The topological polar surface area (TPSA) is 195 Å². The van der Waals surface area contributed by atoms with Gasteiger partial charge >= 0.3 is 17.8 Å². The van der Waals surface area contributed by atoms with E-state index in [9.17, 15) is 36.7 Å². The number of aromatic amines is 1. The van der Waals surface area contributed by atoms with Crippen LogP contribution < -0.4 is 21.7 Å². The summed E-state index contributed by atoms with van der Waals surface area (Å²) in [6.07, 6.45) is 4.91. The number of likely N-dealkylation sites (tertiary alicyclic amines) is 1. The predicted molar refractivity (Wildman–Crippen MR) is 212 cm³/mol. The number of benzene rings is 3. The lowest BCUT2D eigenvalue weighted by Gasteiger charge is -2.29. The highest BCUT2D eigenvalue weighted by molar-refractivity contribution is 5.98. The van der Waals surface area contributed by atoms with Gasteiger partial charge in [-0.05, 0) is 137 Å². The second-order valence-electron chi connectivity index (χ2n) is 15.5. The van der Waals surface area contributed by atoms with E-state index in [1.165, 1.54) is 24.3 Å². The third kappa shape index (κ3) is 9.96. The third-order valence-corrected chi connectivity index (χ3v) is 11.3. The minimum Gasteiger partial charge on any atom is -0.477 e. The molecule has 1 aromatic heterocycles. The van der Waals surface area contributed by atoms with Crippen LogP contribution >= 0.6 is 0 Å². The van der Waals surface area contributed by atoms with E-state index < -0.39 is 35.6 Å². The normalized spacial score (nSPS) is 18.5. The number of aromatic nitrogens is 3. The molecule has 314 valence electrons. The number of nitrogens with zero attached hydrogens (tertiary/aromatic N) is 3. The fourth-order valence-electron chi connectivity index (χ4n) is 7.51. The number of carbonyl (C=O) groups is 4. The van der Waals surface area contributed by atoms with Crippen LogP contribution in [-0.4, -0.2) is 93.6 Å². The monoisotopic (exact) mass is 820 g/mol. The van der Waals surface area contributed by atoms with Crippen LogP contribution in [0, 0.1) is 18.8 Å². The number of nitrogens with two attached hydrogens (primary N) is 1. The number of alkyl halides is 4. The Hall–Kier alpha value is -5.68. The summed E-state index contributed by atoms with van der Waals surface area (Å²) in [6, 6.07) is 18.0. The largest absolute Gasteiger partial charge is 0.477 e. The van der Waals surface area contributed by atoms with Gasteiger partial charge in [0.2, 0.25) is 17.6 Å². The van der Waals surface area contributed by atoms with Crippen LogP contribution in [0.1, 0.15) is 65.8 Å². The lowest BCUT2D eigenvalue weighted by atomic mass is 9.81. The number of aliphatic carboxylic acids is 1. The Bertz CT molecular complexity index is 2130. The number of hydrogen-bond donors (Lipinski definition) is 6. The van der Waals surface area contributed by atoms with Gasteiger partial charge in [0.15, 0.2) is 5.82 Å². The van der Waals surface area contributed by atoms with Crippen LogP contribution in [-0.2, 0) is 26.7 Å². The second kappa shape index (κ2) is 18.1. The summed E-state index contributed by atoms with van der Waals surface area (Å²) < 4.78 is 55.9. The molecular formula is C42H48F4N8O5. The van der Waals surface area contributed by atoms with E-state index in [0.717, 1.165) is 61.0 Å². The molecule has 1 unspecified atom stereocenters. The van der Waals surface area contributed by atoms with Gasteiger partial charge in [-0.2, -0.15) is 22.7 Å². The van der Waals surface area contributed by atoms with Gasteiger partial charge in [-0.1, -0.05) is 30.3 Å². The van der Waals surface area contributed by atoms with Crippen molar-refractivity contribution in [1.82, 2.24) is 30.7 Å². The number of carbonyl (C=O) groups excluding carboxylic acids is 3. The highest BCUT2D eigenvalue weighted by Crippen LogP contribution is 2.42. The summed E-state index contributed by atoms with van der Waals surface area (Å²) in [5, 5.41) is 22.7. The molecule has 3 amide bonds. The number of anilines is 1. The fourth-order valence-corrected chi connectivity index (χ4v) is 7.51. The minimum absolute atomic E-state index is 0.0975. The molecule has 1 atom stereocenters. The summed E-state index contributed by atoms with van der Waals surface area (Å²) in [7, 11) is 2.07. The van der Waals surface area contributed by atoms with E-state index in [2.05, 4.69) is 43.1 Å². The first-order chi connectivity index (χ1) is 28.0. The van der Waals surface area contributed by atoms with Gasteiger partial charge in [0.1, 0.15) is 6.04 Å². The van der Waals surface area contributed by atoms with Crippen molar-refractivity contribution in [2.24, 2.45) is 17.6 Å². The molecule has 7 N–H and O–H groups in total. The zero-order valence-corrected chi connectivity index (χ0v) is 32.7. The first kappa shape index (κ1) is 42.9. The molecule has 4 aromatic rings. The average molecular weight is 821 g/mol. The van der Waals surface area contributed by atoms with Crippen LogP contribution in [0.4, 0.5) is 23.2 Å². The molecule has 2 fully saturated rings. The van der Waals surface area contributed by atoms with Crippen LogP contribution in [0.25, 0.3) is 22.5 Å². The van der Waals surface area contributed by atoms with E-state index in [-0.39, 0.29) is 47.3 Å². The number of hydrogen-bond acceptors (Lipinski definition) is 8. The van der Waals surface area contributed by atoms with E-state index >= 15 is 0 Å². The molecule has 1 saturated heterocycles. The van der Waals surface area contributed by atoms with Crippen LogP contribution in [0.2, 0.25) is 0 Å². The van der Waals surface area contributed by atoms with E-state index in [4.69, 9.17) is 10.8 Å². The second-order valence-corrected chi connectivity index (χ2v) is 15.5. The van der Waals surface area contributed by atoms with Gasteiger partial charge in [0.25, 0.3) is 5.91 Å². The van der Waals surface area contributed by atoms with Gasteiger partial charge in [-0.25, -0.2) is 9.78 Å². The Morgan fingerprint density at radius 1 is 0.915 bits per heavy atom. The van der Waals surface area contributed by atoms with Crippen molar-refractivity contribution in [3.8, 4) is 22.5 Å². The Balaban J connectivity index is 1.14. The molecular weight excluding hydrogens is 773 g/mol. The summed E-state index contributed by atoms with van der Waals surface area (Å²) in [5.74, 6) is -16.5. The molecule has 1 aliphatic carbocycles. The standard InChI is InChI=1S/C42H48F4N8O5/c1-24-21-30(37(56)48-32-17-19-54(2)20-18-32)13-16-33(24)27-7-3-25(4-8-27)22-34(50-36(55)29-9-5-26(23-47)6-10-29)38(57)49-31-14-11-28(12-15-31)35-51-39(53-52-35)41(43,44)42(45,46)40(58)59/h3-4,7-8,11-16,21,26,29,32,34H,5-6,9-10,17-20,22-23,47H2,1-2H3,(H,48,56)(H,49,57)(H,50,55)(H,58,59)(H,51,52,53)/t26-,29-,34?. The van der Waals surface area contributed by atoms with Crippen LogP contribution in [0.15, 0.2) is 66.7 Å². The van der Waals surface area contributed by atoms with Crippen molar-refractivity contribution < 1.29 is 41.8 Å². The lowest BCUT2D eigenvalue weighted by Crippen LogP contribution is -2.48. The number of piperidine rings is 1. The average Bonchev–Trinajstić information content (AvgIpc) is 3.73. The molecule has 0 spiro atoms. The number of amides is 3. The first-order valence-electron chi connectivity index (χ1n) is 19.6. The quantitative estimate of drug-likeness (QED) is 0.0889. The zero-order valence-electron chi connectivity index (χ0n) is 32.7. The molecule has 13 nitrogen and oxygen atoms in total. The van der Waals surface area contributed by atoms with Crippen molar-refractivity contribution in [1.29, 1.82) is 0 Å². The molecule has 3 aromatic carbocycles. The minimum atomic E-state index is -5.45. The lowest BCUT2D eigenvalue weighted by molar-refractivity contribution is -0.231. The maximum absolute atomic E-state index is 14.2.